The number of hydrogen-bond acceptors (Lipinski definition) is 5. The summed E-state index contributed by atoms with van der Waals surface area (Å²) >= 11 is 1.65. The highest BCUT2D eigenvalue weighted by Crippen LogP contribution is 2.18. The molecule has 0 spiro atoms. The second kappa shape index (κ2) is 13.8. The van der Waals surface area contributed by atoms with Crippen molar-refractivity contribution in [3.05, 3.63) is 48.7 Å². The largest absolute Gasteiger partial charge is 0.325 e. The maximum Gasteiger partial charge on any atom is 0.321 e. The molecule has 2 amide bonds. The van der Waals surface area contributed by atoms with Crippen LogP contribution >= 0.6 is 11.9 Å². The molecule has 2 heterocycles. The van der Waals surface area contributed by atoms with E-state index >= 15 is 0 Å². The van der Waals surface area contributed by atoms with Crippen molar-refractivity contribution >= 4 is 34.8 Å². The van der Waals surface area contributed by atoms with Gasteiger partial charge >= 0.3 is 6.03 Å². The van der Waals surface area contributed by atoms with Gasteiger partial charge in [-0.2, -0.15) is 0 Å². The van der Waals surface area contributed by atoms with Crippen LogP contribution in [0.3, 0.4) is 0 Å². The standard InChI is InChI=1S/C24H32F2N6OS/c1-2-3-4-5-7-12-31(24(33)30-21-11-10-19(25)15-20(21)26)13-8-6-9-14-34-32-18-29-22-16-27-17-28-23(22)32/h10-11,15-18H,2-9,12-14H2,1H3,(H,30,33). The maximum atomic E-state index is 14.0. The fraction of sp³-hybridized carbons (Fsp3) is 0.500. The molecular formula is C24H32F2N6OS. The molecule has 7 nitrogen and oxygen atoms in total. The lowest BCUT2D eigenvalue weighted by molar-refractivity contribution is 0.209. The number of benzene rings is 1. The fourth-order valence-corrected chi connectivity index (χ4v) is 4.50. The third-order valence-electron chi connectivity index (χ3n) is 5.48. The Morgan fingerprint density at radius 2 is 1.82 bits per heavy atom. The van der Waals surface area contributed by atoms with Gasteiger partial charge in [-0.1, -0.05) is 39.0 Å². The van der Waals surface area contributed by atoms with E-state index < -0.39 is 11.6 Å². The Labute approximate surface area is 203 Å². The molecule has 0 saturated heterocycles. The highest BCUT2D eigenvalue weighted by Gasteiger charge is 2.15. The Morgan fingerprint density at radius 3 is 2.59 bits per heavy atom. The van der Waals surface area contributed by atoms with Gasteiger partial charge in [0.15, 0.2) is 5.65 Å². The van der Waals surface area contributed by atoms with E-state index in [1.54, 1.807) is 29.4 Å². The molecule has 0 aliphatic heterocycles. The average molecular weight is 491 g/mol. The van der Waals surface area contributed by atoms with E-state index in [0.717, 1.165) is 74.0 Å². The van der Waals surface area contributed by atoms with Gasteiger partial charge in [0, 0.05) is 24.9 Å². The Balaban J connectivity index is 1.44. The number of nitrogens with one attached hydrogen (secondary N) is 1. The summed E-state index contributed by atoms with van der Waals surface area (Å²) in [5, 5.41) is 2.60. The zero-order chi connectivity index (χ0) is 24.2. The molecular weight excluding hydrogens is 458 g/mol. The number of carbonyl (C=O) groups is 1. The predicted octanol–water partition coefficient (Wildman–Crippen LogP) is 6.28. The second-order valence-electron chi connectivity index (χ2n) is 8.15. The number of fused-ring (bicyclic) bond motifs is 1. The van der Waals surface area contributed by atoms with Gasteiger partial charge < -0.3 is 10.2 Å². The second-order valence-corrected chi connectivity index (χ2v) is 9.21. The molecule has 10 heteroatoms. The van der Waals surface area contributed by atoms with Crippen LogP contribution in [-0.4, -0.2) is 48.7 Å². The number of urea groups is 1. The van der Waals surface area contributed by atoms with Crippen molar-refractivity contribution < 1.29 is 13.6 Å². The molecule has 184 valence electrons. The van der Waals surface area contributed by atoms with Crippen molar-refractivity contribution in [3.8, 4) is 0 Å². The number of imidazole rings is 1. The van der Waals surface area contributed by atoms with Crippen LogP contribution in [-0.2, 0) is 0 Å². The van der Waals surface area contributed by atoms with Crippen molar-refractivity contribution in [1.82, 2.24) is 23.8 Å². The minimum absolute atomic E-state index is 0.00449. The quantitative estimate of drug-likeness (QED) is 0.269. The zero-order valence-electron chi connectivity index (χ0n) is 19.6. The van der Waals surface area contributed by atoms with Crippen LogP contribution in [0.4, 0.5) is 19.3 Å². The Bertz CT molecular complexity index is 1050. The fourth-order valence-electron chi connectivity index (χ4n) is 3.59. The molecule has 3 rings (SSSR count). The molecule has 0 unspecified atom stereocenters. The molecule has 0 aliphatic carbocycles. The molecule has 0 saturated carbocycles. The smallest absolute Gasteiger partial charge is 0.321 e. The van der Waals surface area contributed by atoms with Gasteiger partial charge in [0.25, 0.3) is 0 Å². The van der Waals surface area contributed by atoms with Crippen LogP contribution in [0.5, 0.6) is 0 Å². The summed E-state index contributed by atoms with van der Waals surface area (Å²) in [6.07, 6.45) is 13.2. The number of nitrogens with zero attached hydrogens (tertiary/aromatic N) is 5. The van der Waals surface area contributed by atoms with Crippen LogP contribution in [0, 0.1) is 11.6 Å². The maximum absolute atomic E-state index is 14.0. The lowest BCUT2D eigenvalue weighted by Gasteiger charge is -2.23. The summed E-state index contributed by atoms with van der Waals surface area (Å²) in [4.78, 5) is 27.1. The Hall–Kier alpha value is -2.75. The first-order valence-electron chi connectivity index (χ1n) is 11.9. The number of anilines is 1. The van der Waals surface area contributed by atoms with Crippen molar-refractivity contribution in [1.29, 1.82) is 0 Å². The number of rotatable bonds is 14. The van der Waals surface area contributed by atoms with Gasteiger partial charge in [-0.05, 0) is 43.3 Å². The van der Waals surface area contributed by atoms with Crippen LogP contribution < -0.4 is 5.32 Å². The molecule has 0 aliphatic rings. The first-order chi connectivity index (χ1) is 16.6. The normalized spacial score (nSPS) is 11.1. The number of amides is 2. The minimum atomic E-state index is -0.773. The van der Waals surface area contributed by atoms with E-state index in [-0.39, 0.29) is 11.7 Å². The zero-order valence-corrected chi connectivity index (χ0v) is 20.4. The summed E-state index contributed by atoms with van der Waals surface area (Å²) in [5.41, 5.74) is 1.57. The lowest BCUT2D eigenvalue weighted by atomic mass is 10.1. The van der Waals surface area contributed by atoms with Gasteiger partial charge in [-0.3, -0.25) is 3.97 Å². The topological polar surface area (TPSA) is 75.9 Å². The molecule has 0 atom stereocenters. The van der Waals surface area contributed by atoms with Gasteiger partial charge in [0.05, 0.1) is 11.9 Å². The summed E-state index contributed by atoms with van der Waals surface area (Å²) in [7, 11) is 0. The predicted molar refractivity (Wildman–Crippen MR) is 133 cm³/mol. The monoisotopic (exact) mass is 490 g/mol. The van der Waals surface area contributed by atoms with E-state index in [0.29, 0.717) is 13.1 Å². The average Bonchev–Trinajstić information content (AvgIpc) is 3.24. The summed E-state index contributed by atoms with van der Waals surface area (Å²) in [5.74, 6) is -0.540. The van der Waals surface area contributed by atoms with Crippen LogP contribution in [0.25, 0.3) is 11.2 Å². The molecule has 3 aromatic rings. The molecule has 0 fully saturated rings. The Kier molecular flexibility index (Phi) is 10.5. The molecule has 34 heavy (non-hydrogen) atoms. The van der Waals surface area contributed by atoms with Crippen LogP contribution in [0.2, 0.25) is 0 Å². The number of aromatic nitrogens is 4. The highest BCUT2D eigenvalue weighted by molar-refractivity contribution is 7.97. The molecule has 2 aromatic heterocycles. The van der Waals surface area contributed by atoms with Crippen molar-refractivity contribution in [2.45, 2.75) is 58.3 Å². The van der Waals surface area contributed by atoms with Crippen molar-refractivity contribution in [2.75, 3.05) is 24.2 Å². The highest BCUT2D eigenvalue weighted by atomic mass is 32.2. The van der Waals surface area contributed by atoms with E-state index in [1.807, 2.05) is 3.97 Å². The lowest BCUT2D eigenvalue weighted by Crippen LogP contribution is -2.36. The number of carbonyl (C=O) groups excluding carboxylic acids is 1. The van der Waals surface area contributed by atoms with Gasteiger partial charge in [-0.15, -0.1) is 0 Å². The summed E-state index contributed by atoms with van der Waals surface area (Å²) in [6, 6.07) is 2.82. The van der Waals surface area contributed by atoms with Gasteiger partial charge in [0.2, 0.25) is 0 Å². The van der Waals surface area contributed by atoms with E-state index in [4.69, 9.17) is 0 Å². The van der Waals surface area contributed by atoms with Crippen molar-refractivity contribution in [2.24, 2.45) is 0 Å². The molecule has 1 N–H and O–H groups in total. The Morgan fingerprint density at radius 1 is 1.06 bits per heavy atom. The number of halogens is 2. The first-order valence-corrected chi connectivity index (χ1v) is 12.8. The van der Waals surface area contributed by atoms with Crippen LogP contribution in [0.1, 0.15) is 58.3 Å². The third kappa shape index (κ3) is 7.93. The first kappa shape index (κ1) is 25.9. The minimum Gasteiger partial charge on any atom is -0.325 e. The molecule has 0 radical (unpaired) electrons. The summed E-state index contributed by atoms with van der Waals surface area (Å²) < 4.78 is 29.1. The van der Waals surface area contributed by atoms with Crippen LogP contribution in [0.15, 0.2) is 37.1 Å². The molecule has 0 bridgehead atoms. The van der Waals surface area contributed by atoms with E-state index in [2.05, 4.69) is 27.2 Å². The number of hydrogen-bond donors (Lipinski definition) is 1. The van der Waals surface area contributed by atoms with Gasteiger partial charge in [-0.25, -0.2) is 28.5 Å². The number of unbranched alkanes of at least 4 members (excludes halogenated alkanes) is 6. The molecule has 1 aromatic carbocycles. The van der Waals surface area contributed by atoms with E-state index in [9.17, 15) is 13.6 Å². The SMILES string of the molecule is CCCCCCCN(CCCCCSn1cnc2cncnc21)C(=O)Nc1ccc(F)cc1F. The summed E-state index contributed by atoms with van der Waals surface area (Å²) in [6.45, 7) is 3.38. The van der Waals surface area contributed by atoms with E-state index in [1.165, 1.54) is 18.8 Å². The van der Waals surface area contributed by atoms with Crippen molar-refractivity contribution in [3.63, 3.8) is 0 Å². The third-order valence-corrected chi connectivity index (χ3v) is 6.49. The van der Waals surface area contributed by atoms with Gasteiger partial charge in [0.1, 0.15) is 29.8 Å².